The molecule has 0 bridgehead atoms. The lowest BCUT2D eigenvalue weighted by molar-refractivity contribution is 1.26. The van der Waals surface area contributed by atoms with E-state index in [1.54, 1.807) is 0 Å². The standard InChI is InChI=1S/C10H10BN/c1-7-2-3-8-6-9(11)4-5-10(8)12-7/h2-6H,11H2,1H3. The summed E-state index contributed by atoms with van der Waals surface area (Å²) >= 11 is 0. The molecule has 0 N–H and O–H groups in total. The zero-order valence-corrected chi connectivity index (χ0v) is 7.33. The third-order valence-electron chi connectivity index (χ3n) is 1.98. The Morgan fingerprint density at radius 2 is 2.00 bits per heavy atom. The SMILES string of the molecule is Bc1ccc2nc(C)ccc2c1. The highest BCUT2D eigenvalue weighted by Crippen LogP contribution is 2.09. The molecule has 0 aliphatic heterocycles. The van der Waals surface area contributed by atoms with E-state index in [0.717, 1.165) is 11.2 Å². The number of rotatable bonds is 0. The molecule has 1 aromatic heterocycles. The number of fused-ring (bicyclic) bond motifs is 1. The minimum atomic E-state index is 1.08. The first-order valence-corrected chi connectivity index (χ1v) is 4.10. The van der Waals surface area contributed by atoms with Crippen molar-refractivity contribution in [2.75, 3.05) is 0 Å². The van der Waals surface area contributed by atoms with Gasteiger partial charge in [0.05, 0.1) is 5.52 Å². The van der Waals surface area contributed by atoms with Gasteiger partial charge in [-0.3, -0.25) is 4.98 Å². The van der Waals surface area contributed by atoms with Crippen LogP contribution >= 0.6 is 0 Å². The van der Waals surface area contributed by atoms with Gasteiger partial charge in [0.2, 0.25) is 0 Å². The molecule has 0 fully saturated rings. The molecule has 12 heavy (non-hydrogen) atoms. The van der Waals surface area contributed by atoms with Crippen LogP contribution in [0.3, 0.4) is 0 Å². The van der Waals surface area contributed by atoms with Gasteiger partial charge in [0, 0.05) is 5.69 Å². The second-order valence-corrected chi connectivity index (χ2v) is 3.15. The van der Waals surface area contributed by atoms with Crippen LogP contribution in [0.25, 0.3) is 10.9 Å². The van der Waals surface area contributed by atoms with Crippen LogP contribution < -0.4 is 5.46 Å². The van der Waals surface area contributed by atoms with Crippen LogP contribution in [-0.4, -0.2) is 12.8 Å². The van der Waals surface area contributed by atoms with Gasteiger partial charge in [-0.15, -0.1) is 0 Å². The predicted octanol–water partition coefficient (Wildman–Crippen LogP) is 0.802. The van der Waals surface area contributed by atoms with Gasteiger partial charge in [-0.1, -0.05) is 23.7 Å². The van der Waals surface area contributed by atoms with Crippen LogP contribution in [0.2, 0.25) is 0 Å². The van der Waals surface area contributed by atoms with Gasteiger partial charge in [-0.25, -0.2) is 0 Å². The number of hydrogen-bond donors (Lipinski definition) is 0. The lowest BCUT2D eigenvalue weighted by Gasteiger charge is -1.99. The Morgan fingerprint density at radius 3 is 2.83 bits per heavy atom. The first-order valence-electron chi connectivity index (χ1n) is 4.10. The normalized spacial score (nSPS) is 10.4. The Kier molecular flexibility index (Phi) is 1.61. The van der Waals surface area contributed by atoms with Crippen molar-refractivity contribution in [1.82, 2.24) is 4.98 Å². The van der Waals surface area contributed by atoms with Crippen molar-refractivity contribution in [1.29, 1.82) is 0 Å². The minimum Gasteiger partial charge on any atom is -0.253 e. The molecular weight excluding hydrogens is 145 g/mol. The smallest absolute Gasteiger partial charge is 0.139 e. The first-order chi connectivity index (χ1) is 5.75. The van der Waals surface area contributed by atoms with E-state index in [0.29, 0.717) is 0 Å². The summed E-state index contributed by atoms with van der Waals surface area (Å²) in [6, 6.07) is 10.5. The number of aryl methyl sites for hydroxylation is 1. The highest BCUT2D eigenvalue weighted by atomic mass is 14.7. The van der Waals surface area contributed by atoms with Crippen LogP contribution in [0.15, 0.2) is 30.3 Å². The summed E-state index contributed by atoms with van der Waals surface area (Å²) < 4.78 is 0. The molecule has 0 aliphatic rings. The first kappa shape index (κ1) is 7.35. The number of aromatic nitrogens is 1. The van der Waals surface area contributed by atoms with Crippen LogP contribution in [0.4, 0.5) is 0 Å². The summed E-state index contributed by atoms with van der Waals surface area (Å²) in [5, 5.41) is 1.22. The van der Waals surface area contributed by atoms with E-state index in [-0.39, 0.29) is 0 Å². The molecule has 2 heteroatoms. The van der Waals surface area contributed by atoms with Gasteiger partial charge in [0.1, 0.15) is 7.85 Å². The fraction of sp³-hybridized carbons (Fsp3) is 0.100. The Morgan fingerprint density at radius 1 is 1.17 bits per heavy atom. The Labute approximate surface area is 72.8 Å². The Hall–Kier alpha value is -1.31. The molecule has 0 saturated carbocycles. The van der Waals surface area contributed by atoms with E-state index in [2.05, 4.69) is 37.1 Å². The van der Waals surface area contributed by atoms with Crippen LogP contribution in [-0.2, 0) is 0 Å². The van der Waals surface area contributed by atoms with Crippen molar-refractivity contribution in [3.63, 3.8) is 0 Å². The van der Waals surface area contributed by atoms with Crippen molar-refractivity contribution < 1.29 is 0 Å². The van der Waals surface area contributed by atoms with Crippen LogP contribution in [0, 0.1) is 6.92 Å². The molecule has 1 heterocycles. The summed E-state index contributed by atoms with van der Waals surface area (Å²) in [6.07, 6.45) is 0. The van der Waals surface area contributed by atoms with E-state index < -0.39 is 0 Å². The third kappa shape index (κ3) is 1.20. The fourth-order valence-corrected chi connectivity index (χ4v) is 1.35. The van der Waals surface area contributed by atoms with E-state index >= 15 is 0 Å². The van der Waals surface area contributed by atoms with Crippen LogP contribution in [0.1, 0.15) is 5.69 Å². The maximum Gasteiger partial charge on any atom is 0.139 e. The summed E-state index contributed by atoms with van der Waals surface area (Å²) in [5.41, 5.74) is 3.44. The number of benzene rings is 1. The molecule has 0 atom stereocenters. The Bertz CT molecular complexity index is 382. The topological polar surface area (TPSA) is 12.9 Å². The summed E-state index contributed by atoms with van der Waals surface area (Å²) in [6.45, 7) is 2.01. The van der Waals surface area contributed by atoms with E-state index in [9.17, 15) is 0 Å². The van der Waals surface area contributed by atoms with Gasteiger partial charge in [-0.2, -0.15) is 0 Å². The second-order valence-electron chi connectivity index (χ2n) is 3.15. The van der Waals surface area contributed by atoms with Gasteiger partial charge >= 0.3 is 0 Å². The van der Waals surface area contributed by atoms with Crippen LogP contribution in [0.5, 0.6) is 0 Å². The highest BCUT2D eigenvalue weighted by Gasteiger charge is 1.93. The average Bonchev–Trinajstić information content (AvgIpc) is 2.05. The van der Waals surface area contributed by atoms with E-state index in [1.807, 2.05) is 13.0 Å². The van der Waals surface area contributed by atoms with Gasteiger partial charge in [-0.05, 0) is 24.4 Å². The molecule has 2 aromatic rings. The molecule has 0 amide bonds. The minimum absolute atomic E-state index is 1.08. The average molecular weight is 155 g/mol. The van der Waals surface area contributed by atoms with E-state index in [1.165, 1.54) is 10.8 Å². The molecule has 58 valence electrons. The molecule has 0 unspecified atom stereocenters. The molecule has 1 aromatic carbocycles. The van der Waals surface area contributed by atoms with Crippen molar-refractivity contribution in [2.45, 2.75) is 6.92 Å². The fourth-order valence-electron chi connectivity index (χ4n) is 1.35. The molecule has 1 nitrogen and oxygen atoms in total. The van der Waals surface area contributed by atoms with E-state index in [4.69, 9.17) is 0 Å². The summed E-state index contributed by atoms with van der Waals surface area (Å²) in [5.74, 6) is 0. The lowest BCUT2D eigenvalue weighted by atomic mass is 9.95. The summed E-state index contributed by atoms with van der Waals surface area (Å²) in [4.78, 5) is 4.42. The van der Waals surface area contributed by atoms with Gasteiger partial charge < -0.3 is 0 Å². The maximum absolute atomic E-state index is 4.42. The largest absolute Gasteiger partial charge is 0.253 e. The van der Waals surface area contributed by atoms with Crippen molar-refractivity contribution in [3.05, 3.63) is 36.0 Å². The zero-order chi connectivity index (χ0) is 8.55. The molecule has 0 spiro atoms. The lowest BCUT2D eigenvalue weighted by Crippen LogP contribution is -2.00. The maximum atomic E-state index is 4.42. The second kappa shape index (κ2) is 2.63. The van der Waals surface area contributed by atoms with Gasteiger partial charge in [0.25, 0.3) is 0 Å². The zero-order valence-electron chi connectivity index (χ0n) is 7.33. The van der Waals surface area contributed by atoms with Crippen molar-refractivity contribution >= 4 is 24.2 Å². The Balaban J connectivity index is 2.79. The quantitative estimate of drug-likeness (QED) is 0.513. The number of hydrogen-bond acceptors (Lipinski definition) is 1. The third-order valence-corrected chi connectivity index (χ3v) is 1.98. The predicted molar refractivity (Wildman–Crippen MR) is 54.7 cm³/mol. The molecular formula is C10H10BN. The molecule has 0 aliphatic carbocycles. The summed E-state index contributed by atoms with van der Waals surface area (Å²) in [7, 11) is 2.10. The molecule has 0 radical (unpaired) electrons. The molecule has 2 rings (SSSR count). The van der Waals surface area contributed by atoms with Crippen molar-refractivity contribution in [3.8, 4) is 0 Å². The highest BCUT2D eigenvalue weighted by molar-refractivity contribution is 6.33. The number of nitrogens with zero attached hydrogens (tertiary/aromatic N) is 1. The molecule has 0 saturated heterocycles. The van der Waals surface area contributed by atoms with Crippen molar-refractivity contribution in [2.24, 2.45) is 0 Å². The number of pyridine rings is 1. The van der Waals surface area contributed by atoms with Gasteiger partial charge in [0.15, 0.2) is 0 Å². The monoisotopic (exact) mass is 155 g/mol.